The van der Waals surface area contributed by atoms with Crippen LogP contribution in [-0.4, -0.2) is 25.8 Å². The second-order valence-electron chi connectivity index (χ2n) is 7.08. The van der Waals surface area contributed by atoms with Crippen LogP contribution in [0.25, 0.3) is 10.9 Å². The van der Waals surface area contributed by atoms with E-state index in [1.54, 1.807) is 36.5 Å². The summed E-state index contributed by atoms with van der Waals surface area (Å²) < 4.78 is 7.75. The van der Waals surface area contributed by atoms with Gasteiger partial charge in [0.25, 0.3) is 11.2 Å². The van der Waals surface area contributed by atoms with E-state index in [0.717, 1.165) is 22.7 Å². The summed E-state index contributed by atoms with van der Waals surface area (Å²) >= 11 is 3.40. The van der Waals surface area contributed by atoms with Crippen molar-refractivity contribution < 1.29 is 9.66 Å². The van der Waals surface area contributed by atoms with Gasteiger partial charge in [0.2, 0.25) is 5.88 Å². The molecule has 0 aliphatic carbocycles. The van der Waals surface area contributed by atoms with Crippen LogP contribution in [0.3, 0.4) is 0 Å². The highest BCUT2D eigenvalue weighted by Gasteiger charge is 2.11. The SMILES string of the molecule is CCCc1nc2ccc(Br)cc2c(=O)n1N=Cc1ccc(Oc2ccc([N+](=O)[O-])cn2)cc1. The molecule has 10 heteroatoms. The highest BCUT2D eigenvalue weighted by atomic mass is 79.9. The van der Waals surface area contributed by atoms with Crippen LogP contribution in [0, 0.1) is 10.1 Å². The van der Waals surface area contributed by atoms with E-state index in [4.69, 9.17) is 4.74 Å². The topological polar surface area (TPSA) is 113 Å². The third-order valence-corrected chi connectivity index (χ3v) is 5.20. The van der Waals surface area contributed by atoms with Gasteiger partial charge >= 0.3 is 0 Å². The minimum Gasteiger partial charge on any atom is -0.439 e. The molecule has 0 aliphatic rings. The Morgan fingerprint density at radius 1 is 1.18 bits per heavy atom. The Kier molecular flexibility index (Phi) is 6.55. The van der Waals surface area contributed by atoms with E-state index in [-0.39, 0.29) is 17.1 Å². The van der Waals surface area contributed by atoms with E-state index in [0.29, 0.717) is 28.9 Å². The minimum atomic E-state index is -0.522. The number of rotatable bonds is 7. The molecule has 0 fully saturated rings. The Hall–Kier alpha value is -3.92. The van der Waals surface area contributed by atoms with Crippen LogP contribution < -0.4 is 10.3 Å². The van der Waals surface area contributed by atoms with Crippen molar-refractivity contribution in [3.63, 3.8) is 0 Å². The van der Waals surface area contributed by atoms with Gasteiger partial charge < -0.3 is 4.74 Å². The number of pyridine rings is 1. The monoisotopic (exact) mass is 507 g/mol. The predicted octanol–water partition coefficient (Wildman–Crippen LogP) is 5.09. The standard InChI is InChI=1S/C23H18BrN5O4/c1-2-3-21-27-20-10-6-16(24)12-19(20)23(30)28(21)26-13-15-4-8-18(9-5-15)33-22-11-7-17(14-25-22)29(31)32/h4-14H,2-3H2,1H3. The maximum Gasteiger partial charge on any atom is 0.287 e. The molecule has 4 aromatic rings. The van der Waals surface area contributed by atoms with Gasteiger partial charge in [-0.25, -0.2) is 9.97 Å². The van der Waals surface area contributed by atoms with Crippen LogP contribution in [0.5, 0.6) is 11.6 Å². The molecule has 0 saturated carbocycles. The zero-order chi connectivity index (χ0) is 23.4. The number of hydrogen-bond acceptors (Lipinski definition) is 7. The summed E-state index contributed by atoms with van der Waals surface area (Å²) in [6, 6.07) is 15.2. The van der Waals surface area contributed by atoms with Crippen LogP contribution in [-0.2, 0) is 6.42 Å². The average molecular weight is 508 g/mol. The fourth-order valence-electron chi connectivity index (χ4n) is 3.11. The second-order valence-corrected chi connectivity index (χ2v) is 8.00. The summed E-state index contributed by atoms with van der Waals surface area (Å²) in [6.45, 7) is 2.02. The van der Waals surface area contributed by atoms with Gasteiger partial charge in [0.05, 0.1) is 22.0 Å². The zero-order valence-corrected chi connectivity index (χ0v) is 19.1. The molecule has 4 rings (SSSR count). The van der Waals surface area contributed by atoms with E-state index < -0.39 is 4.92 Å². The van der Waals surface area contributed by atoms with Crippen molar-refractivity contribution in [2.45, 2.75) is 19.8 Å². The van der Waals surface area contributed by atoms with Gasteiger partial charge in [0, 0.05) is 23.0 Å². The maximum absolute atomic E-state index is 13.0. The van der Waals surface area contributed by atoms with Crippen LogP contribution >= 0.6 is 15.9 Å². The lowest BCUT2D eigenvalue weighted by Crippen LogP contribution is -2.22. The molecule has 33 heavy (non-hydrogen) atoms. The lowest BCUT2D eigenvalue weighted by atomic mass is 10.2. The first-order chi connectivity index (χ1) is 15.9. The molecule has 2 heterocycles. The smallest absolute Gasteiger partial charge is 0.287 e. The number of aromatic nitrogens is 3. The van der Waals surface area contributed by atoms with Crippen molar-refractivity contribution in [1.29, 1.82) is 0 Å². The van der Waals surface area contributed by atoms with Crippen molar-refractivity contribution in [2.24, 2.45) is 5.10 Å². The summed E-state index contributed by atoms with van der Waals surface area (Å²) in [5.74, 6) is 1.35. The molecule has 166 valence electrons. The van der Waals surface area contributed by atoms with E-state index >= 15 is 0 Å². The summed E-state index contributed by atoms with van der Waals surface area (Å²) in [4.78, 5) is 31.8. The molecule has 0 saturated heterocycles. The number of nitrogens with zero attached hydrogens (tertiary/aromatic N) is 5. The molecule has 0 atom stereocenters. The zero-order valence-electron chi connectivity index (χ0n) is 17.5. The number of fused-ring (bicyclic) bond motifs is 1. The fraction of sp³-hybridized carbons (Fsp3) is 0.130. The van der Waals surface area contributed by atoms with Crippen molar-refractivity contribution >= 4 is 38.7 Å². The van der Waals surface area contributed by atoms with Crippen molar-refractivity contribution in [3.05, 3.63) is 97.1 Å². The Labute approximate surface area is 196 Å². The van der Waals surface area contributed by atoms with Gasteiger partial charge in [0.15, 0.2) is 0 Å². The number of ether oxygens (including phenoxy) is 1. The first-order valence-corrected chi connectivity index (χ1v) is 10.9. The molecule has 0 N–H and O–H groups in total. The molecular weight excluding hydrogens is 490 g/mol. The Morgan fingerprint density at radius 2 is 1.97 bits per heavy atom. The first kappa shape index (κ1) is 22.3. The fourth-order valence-corrected chi connectivity index (χ4v) is 3.47. The summed E-state index contributed by atoms with van der Waals surface area (Å²) in [5, 5.41) is 15.6. The quantitative estimate of drug-likeness (QED) is 0.195. The summed E-state index contributed by atoms with van der Waals surface area (Å²) in [7, 11) is 0. The predicted molar refractivity (Wildman–Crippen MR) is 128 cm³/mol. The largest absolute Gasteiger partial charge is 0.439 e. The molecule has 0 aliphatic heterocycles. The van der Waals surface area contributed by atoms with Gasteiger partial charge in [-0.05, 0) is 54.4 Å². The third kappa shape index (κ3) is 5.12. The molecule has 0 spiro atoms. The number of benzene rings is 2. The van der Waals surface area contributed by atoms with Crippen molar-refractivity contribution in [3.8, 4) is 11.6 Å². The Bertz CT molecular complexity index is 1400. The van der Waals surface area contributed by atoms with Crippen LogP contribution in [0.4, 0.5) is 5.69 Å². The van der Waals surface area contributed by atoms with Gasteiger partial charge in [0.1, 0.15) is 17.8 Å². The average Bonchev–Trinajstić information content (AvgIpc) is 2.81. The van der Waals surface area contributed by atoms with E-state index in [9.17, 15) is 14.9 Å². The Morgan fingerprint density at radius 3 is 2.64 bits per heavy atom. The number of halogens is 1. The molecule has 0 radical (unpaired) electrons. The number of nitro groups is 1. The van der Waals surface area contributed by atoms with Crippen LogP contribution in [0.15, 0.2) is 75.2 Å². The first-order valence-electron chi connectivity index (χ1n) is 10.1. The van der Waals surface area contributed by atoms with Gasteiger partial charge in [-0.2, -0.15) is 9.78 Å². The van der Waals surface area contributed by atoms with E-state index in [2.05, 4.69) is 31.0 Å². The van der Waals surface area contributed by atoms with Gasteiger partial charge in [-0.1, -0.05) is 22.9 Å². The molecule has 9 nitrogen and oxygen atoms in total. The normalized spacial score (nSPS) is 11.2. The highest BCUT2D eigenvalue weighted by Crippen LogP contribution is 2.21. The highest BCUT2D eigenvalue weighted by molar-refractivity contribution is 9.10. The van der Waals surface area contributed by atoms with Crippen molar-refractivity contribution in [2.75, 3.05) is 0 Å². The van der Waals surface area contributed by atoms with Gasteiger partial charge in [-0.3, -0.25) is 14.9 Å². The van der Waals surface area contributed by atoms with Crippen LogP contribution in [0.2, 0.25) is 0 Å². The molecule has 2 aromatic heterocycles. The molecule has 0 bridgehead atoms. The molecule has 0 amide bonds. The molecule has 2 aromatic carbocycles. The Balaban J connectivity index is 1.57. The maximum atomic E-state index is 13.0. The number of aryl methyl sites for hydroxylation is 1. The second kappa shape index (κ2) is 9.70. The van der Waals surface area contributed by atoms with Crippen LogP contribution in [0.1, 0.15) is 24.7 Å². The van der Waals surface area contributed by atoms with E-state index in [1.165, 1.54) is 16.8 Å². The number of hydrogen-bond donors (Lipinski definition) is 0. The minimum absolute atomic E-state index is 0.109. The van der Waals surface area contributed by atoms with Crippen molar-refractivity contribution in [1.82, 2.24) is 14.6 Å². The lowest BCUT2D eigenvalue weighted by molar-refractivity contribution is -0.385. The lowest BCUT2D eigenvalue weighted by Gasteiger charge is -2.09. The third-order valence-electron chi connectivity index (χ3n) is 4.71. The summed E-state index contributed by atoms with van der Waals surface area (Å²) in [6.07, 6.45) is 4.17. The summed E-state index contributed by atoms with van der Waals surface area (Å²) in [5.41, 5.74) is 1.05. The molecular formula is C23H18BrN5O4. The molecule has 0 unspecified atom stereocenters. The van der Waals surface area contributed by atoms with E-state index in [1.807, 2.05) is 19.1 Å². The van der Waals surface area contributed by atoms with Gasteiger partial charge in [-0.15, -0.1) is 0 Å².